The fourth-order valence-corrected chi connectivity index (χ4v) is 3.35. The zero-order valence-electron chi connectivity index (χ0n) is 14.0. The molecule has 5 nitrogen and oxygen atoms in total. The van der Waals surface area contributed by atoms with Crippen molar-refractivity contribution >= 4 is 17.5 Å². The molecular weight excluding hydrogens is 292 g/mol. The lowest BCUT2D eigenvalue weighted by molar-refractivity contribution is -0.119. The van der Waals surface area contributed by atoms with Crippen LogP contribution in [0.15, 0.2) is 18.2 Å². The molecule has 0 aliphatic carbocycles. The lowest BCUT2D eigenvalue weighted by Crippen LogP contribution is -2.29. The van der Waals surface area contributed by atoms with Crippen LogP contribution in [-0.2, 0) is 14.9 Å². The molecule has 5 heteroatoms. The van der Waals surface area contributed by atoms with Gasteiger partial charge in [-0.05, 0) is 44.9 Å². The first-order valence-corrected chi connectivity index (χ1v) is 8.26. The van der Waals surface area contributed by atoms with Crippen LogP contribution < -0.4 is 5.32 Å². The highest BCUT2D eigenvalue weighted by Crippen LogP contribution is 2.37. The van der Waals surface area contributed by atoms with Crippen LogP contribution in [0.3, 0.4) is 0 Å². The minimum absolute atomic E-state index is 0.0185. The number of amides is 2. The number of carbonyl (C=O) groups is 2. The van der Waals surface area contributed by atoms with E-state index in [0.717, 1.165) is 30.8 Å². The molecule has 1 aromatic carbocycles. The van der Waals surface area contributed by atoms with Crippen molar-refractivity contribution in [3.63, 3.8) is 0 Å². The van der Waals surface area contributed by atoms with E-state index in [1.807, 2.05) is 37.8 Å². The van der Waals surface area contributed by atoms with E-state index in [1.165, 1.54) is 0 Å². The number of anilines is 1. The second kappa shape index (κ2) is 5.96. The number of ether oxygens (including phenoxy) is 1. The molecule has 0 aromatic heterocycles. The van der Waals surface area contributed by atoms with Gasteiger partial charge in [0.1, 0.15) is 0 Å². The van der Waals surface area contributed by atoms with Crippen LogP contribution in [0.2, 0.25) is 0 Å². The summed E-state index contributed by atoms with van der Waals surface area (Å²) in [4.78, 5) is 26.6. The first kappa shape index (κ1) is 16.0. The number of hydrogen-bond acceptors (Lipinski definition) is 3. The van der Waals surface area contributed by atoms with Gasteiger partial charge in [-0.2, -0.15) is 0 Å². The summed E-state index contributed by atoms with van der Waals surface area (Å²) in [5.41, 5.74) is 1.82. The van der Waals surface area contributed by atoms with E-state index < -0.39 is 5.41 Å². The fraction of sp³-hybridized carbons (Fsp3) is 0.556. The lowest BCUT2D eigenvalue weighted by Gasteiger charge is -2.18. The zero-order valence-corrected chi connectivity index (χ0v) is 14.0. The van der Waals surface area contributed by atoms with Gasteiger partial charge in [0.2, 0.25) is 5.91 Å². The standard InChI is InChI=1S/C18H24N2O3/c1-4-23-11-12-7-8-20(10-12)16(21)13-5-6-14-15(9-13)19-17(22)18(14,2)3/h5-6,9,12H,4,7-8,10-11H2,1-3H3,(H,19,22)/t12-/m1/s1. The maximum Gasteiger partial charge on any atom is 0.253 e. The van der Waals surface area contributed by atoms with Crippen molar-refractivity contribution in [3.8, 4) is 0 Å². The quantitative estimate of drug-likeness (QED) is 0.928. The molecule has 1 saturated heterocycles. The number of nitrogens with zero attached hydrogens (tertiary/aromatic N) is 1. The maximum absolute atomic E-state index is 12.7. The van der Waals surface area contributed by atoms with Gasteiger partial charge in [0.15, 0.2) is 0 Å². The average molecular weight is 316 g/mol. The normalized spacial score (nSPS) is 22.1. The molecule has 23 heavy (non-hydrogen) atoms. The zero-order chi connectivity index (χ0) is 16.6. The number of fused-ring (bicyclic) bond motifs is 1. The first-order chi connectivity index (χ1) is 10.9. The van der Waals surface area contributed by atoms with Crippen LogP contribution in [0.1, 0.15) is 43.1 Å². The third-order valence-corrected chi connectivity index (χ3v) is 4.89. The van der Waals surface area contributed by atoms with Crippen molar-refractivity contribution in [1.82, 2.24) is 4.90 Å². The third-order valence-electron chi connectivity index (χ3n) is 4.89. The molecular formula is C18H24N2O3. The Hall–Kier alpha value is -1.88. The van der Waals surface area contributed by atoms with Crippen LogP contribution >= 0.6 is 0 Å². The van der Waals surface area contributed by atoms with Crippen LogP contribution in [0.25, 0.3) is 0 Å². The molecule has 1 N–H and O–H groups in total. The molecule has 0 radical (unpaired) electrons. The van der Waals surface area contributed by atoms with Gasteiger partial charge in [0.25, 0.3) is 5.91 Å². The van der Waals surface area contributed by atoms with Gasteiger partial charge >= 0.3 is 0 Å². The predicted octanol–water partition coefficient (Wildman–Crippen LogP) is 2.41. The van der Waals surface area contributed by atoms with Gasteiger partial charge in [-0.25, -0.2) is 0 Å². The van der Waals surface area contributed by atoms with E-state index in [4.69, 9.17) is 4.74 Å². The maximum atomic E-state index is 12.7. The predicted molar refractivity (Wildman–Crippen MR) is 88.6 cm³/mol. The van der Waals surface area contributed by atoms with E-state index in [0.29, 0.717) is 24.7 Å². The van der Waals surface area contributed by atoms with Crippen LogP contribution in [0.5, 0.6) is 0 Å². The Morgan fingerprint density at radius 3 is 2.96 bits per heavy atom. The van der Waals surface area contributed by atoms with Gasteiger partial charge in [-0.15, -0.1) is 0 Å². The molecule has 1 fully saturated rings. The highest BCUT2D eigenvalue weighted by atomic mass is 16.5. The topological polar surface area (TPSA) is 58.6 Å². The Labute approximate surface area is 137 Å². The molecule has 0 bridgehead atoms. The smallest absolute Gasteiger partial charge is 0.253 e. The van der Waals surface area contributed by atoms with Crippen LogP contribution in [-0.4, -0.2) is 43.0 Å². The van der Waals surface area contributed by atoms with Crippen molar-refractivity contribution < 1.29 is 14.3 Å². The van der Waals surface area contributed by atoms with E-state index in [-0.39, 0.29) is 11.8 Å². The first-order valence-electron chi connectivity index (χ1n) is 8.26. The van der Waals surface area contributed by atoms with Crippen molar-refractivity contribution in [2.75, 3.05) is 31.6 Å². The van der Waals surface area contributed by atoms with Gasteiger partial charge in [0, 0.05) is 36.9 Å². The number of nitrogens with one attached hydrogen (secondary N) is 1. The Morgan fingerprint density at radius 1 is 1.43 bits per heavy atom. The summed E-state index contributed by atoms with van der Waals surface area (Å²) in [5.74, 6) is 0.438. The second-order valence-corrected chi connectivity index (χ2v) is 6.90. The molecule has 1 atom stereocenters. The molecule has 1 aromatic rings. The molecule has 124 valence electrons. The Kier molecular flexibility index (Phi) is 4.15. The number of hydrogen-bond donors (Lipinski definition) is 1. The summed E-state index contributed by atoms with van der Waals surface area (Å²) in [6.07, 6.45) is 0.987. The van der Waals surface area contributed by atoms with Crippen molar-refractivity contribution in [2.24, 2.45) is 5.92 Å². The van der Waals surface area contributed by atoms with E-state index >= 15 is 0 Å². The highest BCUT2D eigenvalue weighted by molar-refractivity contribution is 6.07. The molecule has 0 spiro atoms. The molecule has 2 amide bonds. The summed E-state index contributed by atoms with van der Waals surface area (Å²) in [5, 5.41) is 2.88. The van der Waals surface area contributed by atoms with E-state index in [1.54, 1.807) is 6.07 Å². The number of likely N-dealkylation sites (tertiary alicyclic amines) is 1. The van der Waals surface area contributed by atoms with Crippen molar-refractivity contribution in [1.29, 1.82) is 0 Å². The Balaban J connectivity index is 1.73. The number of carbonyl (C=O) groups excluding carboxylic acids is 2. The second-order valence-electron chi connectivity index (χ2n) is 6.90. The minimum atomic E-state index is -0.535. The Morgan fingerprint density at radius 2 is 2.22 bits per heavy atom. The monoisotopic (exact) mass is 316 g/mol. The van der Waals surface area contributed by atoms with E-state index in [9.17, 15) is 9.59 Å². The highest BCUT2D eigenvalue weighted by Gasteiger charge is 2.38. The van der Waals surface area contributed by atoms with Crippen LogP contribution in [0, 0.1) is 5.92 Å². The molecule has 0 unspecified atom stereocenters. The lowest BCUT2D eigenvalue weighted by atomic mass is 9.86. The molecule has 2 aliphatic rings. The Bertz CT molecular complexity index is 639. The van der Waals surface area contributed by atoms with E-state index in [2.05, 4.69) is 5.32 Å². The average Bonchev–Trinajstić information content (AvgIpc) is 3.08. The van der Waals surface area contributed by atoms with Crippen LogP contribution in [0.4, 0.5) is 5.69 Å². The number of benzene rings is 1. The molecule has 0 saturated carbocycles. The van der Waals surface area contributed by atoms with Crippen molar-refractivity contribution in [3.05, 3.63) is 29.3 Å². The minimum Gasteiger partial charge on any atom is -0.381 e. The summed E-state index contributed by atoms with van der Waals surface area (Å²) >= 11 is 0. The van der Waals surface area contributed by atoms with Crippen molar-refractivity contribution in [2.45, 2.75) is 32.6 Å². The van der Waals surface area contributed by atoms with Gasteiger partial charge < -0.3 is 15.0 Å². The number of rotatable bonds is 4. The van der Waals surface area contributed by atoms with Gasteiger partial charge in [0.05, 0.1) is 12.0 Å². The summed E-state index contributed by atoms with van der Waals surface area (Å²) in [6.45, 7) is 8.72. The summed E-state index contributed by atoms with van der Waals surface area (Å²) in [6, 6.07) is 5.54. The molecule has 2 aliphatic heterocycles. The van der Waals surface area contributed by atoms with Gasteiger partial charge in [-0.3, -0.25) is 9.59 Å². The van der Waals surface area contributed by atoms with Gasteiger partial charge in [-0.1, -0.05) is 6.07 Å². The molecule has 3 rings (SSSR count). The summed E-state index contributed by atoms with van der Waals surface area (Å²) < 4.78 is 5.46. The summed E-state index contributed by atoms with van der Waals surface area (Å²) in [7, 11) is 0. The molecule has 2 heterocycles. The fourth-order valence-electron chi connectivity index (χ4n) is 3.35. The largest absolute Gasteiger partial charge is 0.381 e. The SMILES string of the molecule is CCOC[C@@H]1CCN(C(=O)c2ccc3c(c2)NC(=O)C3(C)C)C1. The third kappa shape index (κ3) is 2.85.